The Bertz CT molecular complexity index is 1490. The van der Waals surface area contributed by atoms with Crippen molar-refractivity contribution in [3.8, 4) is 11.4 Å². The summed E-state index contributed by atoms with van der Waals surface area (Å²) < 4.78 is 22.9. The summed E-state index contributed by atoms with van der Waals surface area (Å²) in [6.45, 7) is 6.01. The van der Waals surface area contributed by atoms with Crippen LogP contribution in [0.4, 0.5) is 17.5 Å². The molecule has 5 N–H and O–H groups in total. The molecule has 0 saturated heterocycles. The first-order valence-electron chi connectivity index (χ1n) is 12.0. The van der Waals surface area contributed by atoms with Crippen molar-refractivity contribution in [3.63, 3.8) is 0 Å². The zero-order chi connectivity index (χ0) is 27.6. The Hall–Kier alpha value is -4.04. The second-order valence-corrected chi connectivity index (χ2v) is 10.9. The quantitative estimate of drug-likeness (QED) is 0.203. The van der Waals surface area contributed by atoms with Gasteiger partial charge in [0.2, 0.25) is 16.0 Å². The fourth-order valence-electron chi connectivity index (χ4n) is 3.72. The van der Waals surface area contributed by atoms with Crippen molar-refractivity contribution in [1.82, 2.24) is 30.2 Å². The number of nitrogens with one attached hydrogen (secondary N) is 1. The summed E-state index contributed by atoms with van der Waals surface area (Å²) in [7, 11) is -1.96. The second kappa shape index (κ2) is 10.8. The number of nitrogen functional groups attached to an aromatic ring is 1. The number of aromatic nitrogens is 5. The monoisotopic (exact) mass is 538 g/mol. The number of anilines is 2. The SMILES string of the molecule is Cc1nc(N)nc(C2CC2)c1-c1ncc(/N=C(\C=O)NCc2ccc(S(N)(=O)=O)cn2)c(N(C)C(C)C)n1. The summed E-state index contributed by atoms with van der Waals surface area (Å²) >= 11 is 0. The number of nitrogens with zero attached hydrogens (tertiary/aromatic N) is 7. The molecule has 0 unspecified atom stereocenters. The standard InChI is InChI=1S/C24H30N10O3S/c1-13(2)34(4)23-18(31-19(12-35)28-9-16-7-8-17(10-27-16)38(26,36)37)11-29-22(33-23)20-14(3)30-24(25)32-21(20)15-5-6-15/h7-8,10-13,15H,5-6,9H2,1-4H3,(H,28,31)(H2,25,30,32)(H2,26,36,37). The van der Waals surface area contributed by atoms with Gasteiger partial charge in [0.15, 0.2) is 23.8 Å². The van der Waals surface area contributed by atoms with Crippen LogP contribution >= 0.6 is 0 Å². The van der Waals surface area contributed by atoms with Crippen LogP contribution in [0.5, 0.6) is 0 Å². The number of hydrogen-bond acceptors (Lipinski definition) is 11. The lowest BCUT2D eigenvalue weighted by Gasteiger charge is -2.24. The summed E-state index contributed by atoms with van der Waals surface area (Å²) in [5.74, 6) is 1.55. The Kier molecular flexibility index (Phi) is 7.64. The van der Waals surface area contributed by atoms with Crippen LogP contribution in [-0.2, 0) is 21.4 Å². The van der Waals surface area contributed by atoms with E-state index >= 15 is 0 Å². The van der Waals surface area contributed by atoms with Crippen molar-refractivity contribution in [2.75, 3.05) is 17.7 Å². The van der Waals surface area contributed by atoms with Crippen LogP contribution in [0.15, 0.2) is 34.4 Å². The average Bonchev–Trinajstić information content (AvgIpc) is 3.71. The number of nitrogens with two attached hydrogens (primary N) is 2. The fraction of sp³-hybridized carbons (Fsp3) is 0.375. The Labute approximate surface area is 220 Å². The van der Waals surface area contributed by atoms with E-state index in [-0.39, 0.29) is 29.3 Å². The average molecular weight is 539 g/mol. The van der Waals surface area contributed by atoms with E-state index < -0.39 is 10.0 Å². The van der Waals surface area contributed by atoms with Gasteiger partial charge >= 0.3 is 0 Å². The lowest BCUT2D eigenvalue weighted by atomic mass is 10.1. The van der Waals surface area contributed by atoms with Gasteiger partial charge in [0.25, 0.3) is 0 Å². The molecule has 1 fully saturated rings. The first-order valence-corrected chi connectivity index (χ1v) is 13.5. The van der Waals surface area contributed by atoms with Crippen LogP contribution in [0.2, 0.25) is 0 Å². The predicted molar refractivity (Wildman–Crippen MR) is 143 cm³/mol. The number of amidine groups is 1. The highest BCUT2D eigenvalue weighted by Crippen LogP contribution is 2.44. The minimum absolute atomic E-state index is 0.0303. The van der Waals surface area contributed by atoms with Gasteiger partial charge in [0, 0.05) is 25.2 Å². The van der Waals surface area contributed by atoms with Crippen LogP contribution in [0.1, 0.15) is 49.7 Å². The van der Waals surface area contributed by atoms with Crippen molar-refractivity contribution in [2.24, 2.45) is 10.1 Å². The molecule has 200 valence electrons. The summed E-state index contributed by atoms with van der Waals surface area (Å²) in [6, 6.07) is 2.92. The van der Waals surface area contributed by atoms with Crippen LogP contribution < -0.4 is 21.1 Å². The zero-order valence-electron chi connectivity index (χ0n) is 21.6. The van der Waals surface area contributed by atoms with Gasteiger partial charge in [-0.05, 0) is 45.7 Å². The summed E-state index contributed by atoms with van der Waals surface area (Å²) in [5, 5.41) is 8.02. The third-order valence-corrected chi connectivity index (χ3v) is 7.01. The Balaban J connectivity index is 1.67. The molecule has 0 aromatic carbocycles. The third kappa shape index (κ3) is 6.08. The van der Waals surface area contributed by atoms with Crippen molar-refractivity contribution in [2.45, 2.75) is 57.0 Å². The maximum absolute atomic E-state index is 11.8. The van der Waals surface area contributed by atoms with Crippen molar-refractivity contribution in [1.29, 1.82) is 0 Å². The molecule has 1 saturated carbocycles. The predicted octanol–water partition coefficient (Wildman–Crippen LogP) is 1.61. The lowest BCUT2D eigenvalue weighted by molar-refractivity contribution is -0.102. The van der Waals surface area contributed by atoms with Crippen molar-refractivity contribution >= 4 is 39.6 Å². The van der Waals surface area contributed by atoms with Gasteiger partial charge in [0.05, 0.1) is 35.4 Å². The highest BCUT2D eigenvalue weighted by Gasteiger charge is 2.31. The molecule has 1 aliphatic rings. The molecule has 0 radical (unpaired) electrons. The molecule has 3 aromatic heterocycles. The fourth-order valence-corrected chi connectivity index (χ4v) is 4.18. The molecule has 14 heteroatoms. The van der Waals surface area contributed by atoms with E-state index in [1.165, 1.54) is 12.1 Å². The smallest absolute Gasteiger partial charge is 0.239 e. The number of pyridine rings is 1. The molecule has 13 nitrogen and oxygen atoms in total. The minimum Gasteiger partial charge on any atom is -0.368 e. The van der Waals surface area contributed by atoms with Gasteiger partial charge in [0.1, 0.15) is 10.6 Å². The molecule has 0 spiro atoms. The number of rotatable bonds is 9. The van der Waals surface area contributed by atoms with Crippen molar-refractivity contribution in [3.05, 3.63) is 41.6 Å². The number of aryl methyl sites for hydroxylation is 1. The second-order valence-electron chi connectivity index (χ2n) is 9.31. The van der Waals surface area contributed by atoms with Crippen LogP contribution in [-0.4, -0.2) is 58.5 Å². The first kappa shape index (κ1) is 27.0. The van der Waals surface area contributed by atoms with Crippen molar-refractivity contribution < 1.29 is 13.2 Å². The number of carbonyl (C=O) groups is 1. The Morgan fingerprint density at radius 3 is 2.53 bits per heavy atom. The normalized spacial score (nSPS) is 14.0. The number of hydrogen-bond donors (Lipinski definition) is 3. The molecule has 0 atom stereocenters. The summed E-state index contributed by atoms with van der Waals surface area (Å²) in [6.07, 6.45) is 5.35. The number of carbonyl (C=O) groups excluding carboxylic acids is 1. The van der Waals surface area contributed by atoms with E-state index in [9.17, 15) is 13.2 Å². The minimum atomic E-state index is -3.84. The molecule has 0 amide bonds. The van der Waals surface area contributed by atoms with Gasteiger partial charge < -0.3 is 16.0 Å². The Morgan fingerprint density at radius 1 is 1.21 bits per heavy atom. The molecular formula is C24H30N10O3S. The van der Waals surface area contributed by atoms with E-state index in [4.69, 9.17) is 15.9 Å². The van der Waals surface area contributed by atoms with Gasteiger partial charge in [-0.3, -0.25) is 9.78 Å². The molecule has 1 aliphatic carbocycles. The highest BCUT2D eigenvalue weighted by molar-refractivity contribution is 7.89. The van der Waals surface area contributed by atoms with E-state index in [2.05, 4.69) is 30.2 Å². The first-order chi connectivity index (χ1) is 18.0. The highest BCUT2D eigenvalue weighted by atomic mass is 32.2. The summed E-state index contributed by atoms with van der Waals surface area (Å²) in [5.41, 5.74) is 9.10. The Morgan fingerprint density at radius 2 is 1.95 bits per heavy atom. The molecule has 0 aliphatic heterocycles. The molecule has 0 bridgehead atoms. The molecule has 38 heavy (non-hydrogen) atoms. The third-order valence-electron chi connectivity index (χ3n) is 6.11. The number of aldehydes is 1. The van der Waals surface area contributed by atoms with E-state index in [1.54, 1.807) is 6.20 Å². The molecule has 4 rings (SSSR count). The van der Waals surface area contributed by atoms with Gasteiger partial charge in [-0.1, -0.05) is 0 Å². The topological polar surface area (TPSA) is 195 Å². The molecular weight excluding hydrogens is 508 g/mol. The maximum Gasteiger partial charge on any atom is 0.239 e. The molecule has 3 aromatic rings. The van der Waals surface area contributed by atoms with Crippen LogP contribution in [0.25, 0.3) is 11.4 Å². The zero-order valence-corrected chi connectivity index (χ0v) is 22.4. The van der Waals surface area contributed by atoms with Gasteiger partial charge in [-0.2, -0.15) is 0 Å². The number of sulfonamides is 1. The largest absolute Gasteiger partial charge is 0.368 e. The van der Waals surface area contributed by atoms with Crippen LogP contribution in [0, 0.1) is 6.92 Å². The van der Waals surface area contributed by atoms with E-state index in [0.29, 0.717) is 40.9 Å². The molecule has 3 heterocycles. The maximum atomic E-state index is 11.8. The van der Waals surface area contributed by atoms with Crippen LogP contribution in [0.3, 0.4) is 0 Å². The van der Waals surface area contributed by atoms with E-state index in [1.807, 2.05) is 32.7 Å². The van der Waals surface area contributed by atoms with Gasteiger partial charge in [-0.25, -0.2) is 38.5 Å². The van der Waals surface area contributed by atoms with Gasteiger partial charge in [-0.15, -0.1) is 0 Å². The number of primary sulfonamides is 1. The summed E-state index contributed by atoms with van der Waals surface area (Å²) in [4.78, 5) is 40.4. The van der Waals surface area contributed by atoms with E-state index in [0.717, 1.165) is 30.3 Å². The lowest BCUT2D eigenvalue weighted by Crippen LogP contribution is -2.28. The number of aliphatic imine (C=N–C) groups is 1.